The van der Waals surface area contributed by atoms with Crippen LogP contribution in [0.2, 0.25) is 0 Å². The fraction of sp³-hybridized carbons (Fsp3) is 0.147. The first-order valence-corrected chi connectivity index (χ1v) is 14.0. The number of carbonyl (C=O) groups is 3. The third-order valence-electron chi connectivity index (χ3n) is 7.28. The Labute approximate surface area is 255 Å². The lowest BCUT2D eigenvalue weighted by atomic mass is 10.1. The molecule has 2 heterocycles. The van der Waals surface area contributed by atoms with Gasteiger partial charge in [-0.3, -0.25) is 14.3 Å². The van der Waals surface area contributed by atoms with E-state index < -0.39 is 60.3 Å². The standard InChI is InChI=1S/C34H26N2O9/c37-29-24-18-10-11-19-25(24)36(34(41)35-29)30-28(45-33(40)23-16-8-3-9-17-23)27(44-32(39)22-14-6-2-7-15-22)26(43-30)20-42-31(38)21-12-4-1-5-13-21/h1-19,26-28,30H,20H2,(H,35,37,41)/t26-,27?,28?,30-/m1/s1. The first-order valence-electron chi connectivity index (χ1n) is 14.0. The molecule has 11 heteroatoms. The Hall–Kier alpha value is -5.81. The van der Waals surface area contributed by atoms with E-state index in [9.17, 15) is 24.0 Å². The summed E-state index contributed by atoms with van der Waals surface area (Å²) in [5, 5.41) is 0.172. The topological polar surface area (TPSA) is 143 Å². The zero-order valence-corrected chi connectivity index (χ0v) is 23.6. The van der Waals surface area contributed by atoms with Crippen molar-refractivity contribution in [3.63, 3.8) is 0 Å². The Bertz CT molecular complexity index is 1960. The number of hydrogen-bond acceptors (Lipinski definition) is 9. The molecule has 1 N–H and O–H groups in total. The maximum atomic E-state index is 13.4. The summed E-state index contributed by atoms with van der Waals surface area (Å²) in [5.41, 5.74) is -0.600. The molecule has 1 saturated heterocycles. The summed E-state index contributed by atoms with van der Waals surface area (Å²) in [6.07, 6.45) is -5.36. The van der Waals surface area contributed by atoms with Crippen LogP contribution >= 0.6 is 0 Å². The van der Waals surface area contributed by atoms with E-state index in [2.05, 4.69) is 4.98 Å². The maximum absolute atomic E-state index is 13.4. The largest absolute Gasteiger partial charge is 0.459 e. The van der Waals surface area contributed by atoms with Crippen molar-refractivity contribution in [3.8, 4) is 0 Å². The second-order valence-electron chi connectivity index (χ2n) is 10.1. The number of carbonyl (C=O) groups excluding carboxylic acids is 3. The highest BCUT2D eigenvalue weighted by Gasteiger charge is 2.52. The van der Waals surface area contributed by atoms with Gasteiger partial charge in [-0.25, -0.2) is 19.2 Å². The number of benzene rings is 4. The Morgan fingerprint density at radius 3 is 1.71 bits per heavy atom. The van der Waals surface area contributed by atoms with E-state index in [1.54, 1.807) is 109 Å². The third-order valence-corrected chi connectivity index (χ3v) is 7.28. The number of nitrogens with one attached hydrogen (secondary N) is 1. The minimum Gasteiger partial charge on any atom is -0.459 e. The quantitative estimate of drug-likeness (QED) is 0.206. The van der Waals surface area contributed by atoms with Gasteiger partial charge in [0, 0.05) is 0 Å². The first kappa shape index (κ1) is 29.3. The minimum atomic E-state index is -1.42. The molecule has 11 nitrogen and oxygen atoms in total. The van der Waals surface area contributed by atoms with Crippen molar-refractivity contribution in [2.75, 3.05) is 6.61 Å². The van der Waals surface area contributed by atoms with E-state index in [-0.39, 0.29) is 27.6 Å². The van der Waals surface area contributed by atoms with E-state index in [1.165, 1.54) is 6.07 Å². The van der Waals surface area contributed by atoms with Gasteiger partial charge in [-0.2, -0.15) is 0 Å². The normalized spacial score (nSPS) is 19.1. The van der Waals surface area contributed by atoms with Gasteiger partial charge in [0.05, 0.1) is 27.6 Å². The molecular weight excluding hydrogens is 580 g/mol. The molecule has 2 unspecified atom stereocenters. The van der Waals surface area contributed by atoms with Gasteiger partial charge < -0.3 is 18.9 Å². The zero-order chi connectivity index (χ0) is 31.3. The summed E-state index contributed by atoms with van der Waals surface area (Å²) >= 11 is 0. The highest BCUT2D eigenvalue weighted by Crippen LogP contribution is 2.36. The Balaban J connectivity index is 1.43. The Kier molecular flexibility index (Phi) is 8.34. The van der Waals surface area contributed by atoms with Crippen molar-refractivity contribution in [1.29, 1.82) is 0 Å². The van der Waals surface area contributed by atoms with Gasteiger partial charge >= 0.3 is 23.6 Å². The predicted octanol–water partition coefficient (Wildman–Crippen LogP) is 3.90. The van der Waals surface area contributed by atoms with Gasteiger partial charge in [-0.05, 0) is 48.5 Å². The van der Waals surface area contributed by atoms with E-state index in [1.807, 2.05) is 0 Å². The smallest absolute Gasteiger partial charge is 0.338 e. The van der Waals surface area contributed by atoms with Crippen LogP contribution in [0.5, 0.6) is 0 Å². The van der Waals surface area contributed by atoms with Crippen LogP contribution in [0.1, 0.15) is 37.3 Å². The summed E-state index contributed by atoms with van der Waals surface area (Å²) in [4.78, 5) is 67.8. The van der Waals surface area contributed by atoms with Crippen LogP contribution in [0.15, 0.2) is 125 Å². The monoisotopic (exact) mass is 606 g/mol. The summed E-state index contributed by atoms with van der Waals surface area (Å²) in [7, 11) is 0. The maximum Gasteiger partial charge on any atom is 0.338 e. The average Bonchev–Trinajstić information content (AvgIpc) is 3.40. The Morgan fingerprint density at radius 2 is 1.13 bits per heavy atom. The lowest BCUT2D eigenvalue weighted by Gasteiger charge is -2.25. The first-order chi connectivity index (χ1) is 21.9. The molecule has 5 aromatic rings. The molecule has 0 amide bonds. The van der Waals surface area contributed by atoms with Gasteiger partial charge in [0.15, 0.2) is 18.4 Å². The molecule has 45 heavy (non-hydrogen) atoms. The molecule has 0 saturated carbocycles. The summed E-state index contributed by atoms with van der Waals surface area (Å²) < 4.78 is 24.8. The number of fused-ring (bicyclic) bond motifs is 1. The number of H-pyrrole nitrogens is 1. The van der Waals surface area contributed by atoms with E-state index in [0.29, 0.717) is 0 Å². The minimum absolute atomic E-state index is 0.172. The number of para-hydroxylation sites is 1. The fourth-order valence-electron chi connectivity index (χ4n) is 5.13. The molecule has 1 aliphatic rings. The van der Waals surface area contributed by atoms with Crippen molar-refractivity contribution in [3.05, 3.63) is 153 Å². The highest BCUT2D eigenvalue weighted by atomic mass is 16.7. The fourth-order valence-corrected chi connectivity index (χ4v) is 5.13. The van der Waals surface area contributed by atoms with E-state index in [4.69, 9.17) is 18.9 Å². The number of hydrogen-bond donors (Lipinski definition) is 1. The van der Waals surface area contributed by atoms with Crippen LogP contribution in [0.3, 0.4) is 0 Å². The van der Waals surface area contributed by atoms with Crippen LogP contribution in [-0.4, -0.2) is 52.4 Å². The molecule has 1 fully saturated rings. The molecule has 4 aromatic carbocycles. The summed E-state index contributed by atoms with van der Waals surface area (Å²) in [5.74, 6) is -2.21. The molecule has 4 atom stereocenters. The van der Waals surface area contributed by atoms with Crippen LogP contribution in [0, 0.1) is 0 Å². The van der Waals surface area contributed by atoms with Crippen LogP contribution in [0.25, 0.3) is 10.9 Å². The number of esters is 3. The number of ether oxygens (including phenoxy) is 4. The predicted molar refractivity (Wildman–Crippen MR) is 161 cm³/mol. The second kappa shape index (κ2) is 12.8. The zero-order valence-electron chi connectivity index (χ0n) is 23.6. The number of aromatic nitrogens is 2. The summed E-state index contributed by atoms with van der Waals surface area (Å²) in [6.45, 7) is -0.424. The van der Waals surface area contributed by atoms with Crippen LogP contribution < -0.4 is 11.2 Å². The lowest BCUT2D eigenvalue weighted by molar-refractivity contribution is -0.0620. The molecular formula is C34H26N2O9. The Morgan fingerprint density at radius 1 is 0.644 bits per heavy atom. The summed E-state index contributed by atoms with van der Waals surface area (Å²) in [6, 6.07) is 30.8. The van der Waals surface area contributed by atoms with E-state index in [0.717, 1.165) is 4.57 Å². The molecule has 0 spiro atoms. The number of aromatic amines is 1. The van der Waals surface area contributed by atoms with Crippen molar-refractivity contribution < 1.29 is 33.3 Å². The highest BCUT2D eigenvalue weighted by molar-refractivity contribution is 5.91. The molecule has 1 aliphatic heterocycles. The molecule has 6 rings (SSSR count). The van der Waals surface area contributed by atoms with Gasteiger partial charge in [-0.15, -0.1) is 0 Å². The van der Waals surface area contributed by atoms with Gasteiger partial charge in [0.2, 0.25) is 0 Å². The molecule has 0 bridgehead atoms. The average molecular weight is 607 g/mol. The molecule has 0 radical (unpaired) electrons. The van der Waals surface area contributed by atoms with Crippen molar-refractivity contribution in [2.45, 2.75) is 24.5 Å². The van der Waals surface area contributed by atoms with E-state index >= 15 is 0 Å². The van der Waals surface area contributed by atoms with Crippen molar-refractivity contribution >= 4 is 28.8 Å². The van der Waals surface area contributed by atoms with Crippen LogP contribution in [0.4, 0.5) is 0 Å². The molecule has 226 valence electrons. The van der Waals surface area contributed by atoms with Crippen LogP contribution in [-0.2, 0) is 18.9 Å². The number of rotatable bonds is 8. The third kappa shape index (κ3) is 6.15. The van der Waals surface area contributed by atoms with Crippen molar-refractivity contribution in [2.24, 2.45) is 0 Å². The SMILES string of the molecule is O=C(OC[C@H]1O[C@@H](n2c(=O)[nH]c(=O)c3ccccc32)C(OC(=O)c2ccccc2)C1OC(=O)c1ccccc1)c1ccccc1. The van der Waals surface area contributed by atoms with Gasteiger partial charge in [-0.1, -0.05) is 66.7 Å². The number of nitrogens with zero attached hydrogens (tertiary/aromatic N) is 1. The second-order valence-corrected chi connectivity index (χ2v) is 10.1. The molecule has 1 aromatic heterocycles. The lowest BCUT2D eigenvalue weighted by Crippen LogP contribution is -2.43. The van der Waals surface area contributed by atoms with Crippen molar-refractivity contribution in [1.82, 2.24) is 9.55 Å². The molecule has 0 aliphatic carbocycles. The van der Waals surface area contributed by atoms with Gasteiger partial charge in [0.1, 0.15) is 12.7 Å². The van der Waals surface area contributed by atoms with Gasteiger partial charge in [0.25, 0.3) is 5.56 Å².